The second-order valence-corrected chi connectivity index (χ2v) is 5.91. The maximum absolute atomic E-state index is 11.3. The van der Waals surface area contributed by atoms with Gasteiger partial charge in [-0.2, -0.15) is 4.98 Å². The van der Waals surface area contributed by atoms with Crippen LogP contribution in [0.15, 0.2) is 0 Å². The van der Waals surface area contributed by atoms with Gasteiger partial charge in [0.2, 0.25) is 5.82 Å². The van der Waals surface area contributed by atoms with Crippen LogP contribution in [0.2, 0.25) is 0 Å². The zero-order valence-electron chi connectivity index (χ0n) is 12.3. The Hall–Kier alpha value is -1.92. The van der Waals surface area contributed by atoms with E-state index in [9.17, 15) is 10.1 Å². The largest absolute Gasteiger partial charge is 0.473 e. The lowest BCUT2D eigenvalue weighted by atomic mass is 9.96. The van der Waals surface area contributed by atoms with Gasteiger partial charge in [0.1, 0.15) is 5.82 Å². The number of aromatic nitrogens is 2. The van der Waals surface area contributed by atoms with Crippen molar-refractivity contribution in [1.29, 1.82) is 0 Å². The highest BCUT2D eigenvalue weighted by molar-refractivity contribution is 5.62. The lowest BCUT2D eigenvalue weighted by Gasteiger charge is -2.19. The molecule has 2 rings (SSSR count). The van der Waals surface area contributed by atoms with Crippen LogP contribution in [0.3, 0.4) is 0 Å². The van der Waals surface area contributed by atoms with E-state index in [2.05, 4.69) is 15.3 Å². The average Bonchev–Trinajstić information content (AvgIpc) is 3.11. The fourth-order valence-electron chi connectivity index (χ4n) is 1.69. The summed E-state index contributed by atoms with van der Waals surface area (Å²) in [6.07, 6.45) is 2.02. The van der Waals surface area contributed by atoms with E-state index >= 15 is 0 Å². The number of nitrogens with zero attached hydrogens (tertiary/aromatic N) is 3. The zero-order valence-corrected chi connectivity index (χ0v) is 12.3. The third-order valence-electron chi connectivity index (χ3n) is 2.90. The van der Waals surface area contributed by atoms with E-state index in [1.807, 2.05) is 20.8 Å². The van der Waals surface area contributed by atoms with Gasteiger partial charge in [0.05, 0.1) is 11.5 Å². The lowest BCUT2D eigenvalue weighted by Crippen LogP contribution is -2.20. The minimum atomic E-state index is -0.484. The first-order chi connectivity index (χ1) is 9.32. The lowest BCUT2D eigenvalue weighted by molar-refractivity contribution is -0.385. The summed E-state index contributed by atoms with van der Waals surface area (Å²) < 4.78 is 5.34. The quantitative estimate of drug-likeness (QED) is 0.658. The summed E-state index contributed by atoms with van der Waals surface area (Å²) in [5, 5.41) is 14.4. The zero-order chi connectivity index (χ0) is 14.9. The van der Waals surface area contributed by atoms with Crippen LogP contribution in [-0.4, -0.2) is 27.5 Å². The molecule has 1 aromatic rings. The molecule has 0 radical (unpaired) electrons. The number of rotatable bonds is 5. The van der Waals surface area contributed by atoms with E-state index in [-0.39, 0.29) is 28.8 Å². The summed E-state index contributed by atoms with van der Waals surface area (Å²) in [4.78, 5) is 19.4. The SMILES string of the molecule is CCOc1nc(C(C)(C)C)nc(NC2CC2)c1[N+](=O)[O-]. The summed E-state index contributed by atoms with van der Waals surface area (Å²) >= 11 is 0. The smallest absolute Gasteiger partial charge is 0.372 e. The first-order valence-corrected chi connectivity index (χ1v) is 6.79. The maximum Gasteiger partial charge on any atom is 0.372 e. The van der Waals surface area contributed by atoms with Crippen molar-refractivity contribution in [3.05, 3.63) is 15.9 Å². The van der Waals surface area contributed by atoms with Gasteiger partial charge < -0.3 is 10.1 Å². The molecule has 1 N–H and O–H groups in total. The monoisotopic (exact) mass is 280 g/mol. The molecule has 0 bridgehead atoms. The molecule has 1 aliphatic carbocycles. The Labute approximate surface area is 117 Å². The second kappa shape index (κ2) is 5.22. The van der Waals surface area contributed by atoms with Crippen molar-refractivity contribution < 1.29 is 9.66 Å². The van der Waals surface area contributed by atoms with Crippen molar-refractivity contribution in [3.63, 3.8) is 0 Å². The normalized spacial score (nSPS) is 15.0. The molecule has 7 nitrogen and oxygen atoms in total. The van der Waals surface area contributed by atoms with E-state index in [1.165, 1.54) is 0 Å². The van der Waals surface area contributed by atoms with Gasteiger partial charge in [0, 0.05) is 11.5 Å². The first kappa shape index (κ1) is 14.5. The molecule has 1 heterocycles. The molecule has 1 aromatic heterocycles. The predicted molar refractivity (Wildman–Crippen MR) is 75.2 cm³/mol. The number of ether oxygens (including phenoxy) is 1. The van der Waals surface area contributed by atoms with Crippen LogP contribution in [0, 0.1) is 10.1 Å². The molecule has 0 unspecified atom stereocenters. The van der Waals surface area contributed by atoms with Crippen molar-refractivity contribution in [2.45, 2.75) is 52.0 Å². The van der Waals surface area contributed by atoms with E-state index in [1.54, 1.807) is 6.92 Å². The Morgan fingerprint density at radius 2 is 2.05 bits per heavy atom. The maximum atomic E-state index is 11.3. The molecule has 0 atom stereocenters. The predicted octanol–water partition coefficient (Wildman–Crippen LogP) is 2.66. The number of hydrogen-bond donors (Lipinski definition) is 1. The molecular weight excluding hydrogens is 260 g/mol. The number of nitrogens with one attached hydrogen (secondary N) is 1. The van der Waals surface area contributed by atoms with Crippen molar-refractivity contribution in [2.75, 3.05) is 11.9 Å². The summed E-state index contributed by atoms with van der Waals surface area (Å²) in [7, 11) is 0. The van der Waals surface area contributed by atoms with Crippen LogP contribution in [0.1, 0.15) is 46.4 Å². The van der Waals surface area contributed by atoms with Gasteiger partial charge in [-0.15, -0.1) is 0 Å². The van der Waals surface area contributed by atoms with Gasteiger partial charge in [0.15, 0.2) is 0 Å². The number of hydrogen-bond acceptors (Lipinski definition) is 6. The fourth-order valence-corrected chi connectivity index (χ4v) is 1.69. The summed E-state index contributed by atoms with van der Waals surface area (Å²) in [6.45, 7) is 7.99. The molecule has 0 saturated heterocycles. The summed E-state index contributed by atoms with van der Waals surface area (Å²) in [5.74, 6) is 0.844. The Morgan fingerprint density at radius 3 is 2.50 bits per heavy atom. The molecule has 0 amide bonds. The van der Waals surface area contributed by atoms with Crippen LogP contribution in [-0.2, 0) is 5.41 Å². The van der Waals surface area contributed by atoms with Crippen molar-refractivity contribution in [2.24, 2.45) is 0 Å². The van der Waals surface area contributed by atoms with Gasteiger partial charge in [-0.1, -0.05) is 20.8 Å². The third-order valence-corrected chi connectivity index (χ3v) is 2.90. The highest BCUT2D eigenvalue weighted by atomic mass is 16.6. The molecule has 0 spiro atoms. The molecule has 1 fully saturated rings. The summed E-state index contributed by atoms with van der Waals surface area (Å²) in [5.41, 5.74) is -0.479. The molecule has 1 aliphatic rings. The van der Waals surface area contributed by atoms with E-state index < -0.39 is 4.92 Å². The van der Waals surface area contributed by atoms with Gasteiger partial charge in [-0.05, 0) is 19.8 Å². The molecule has 0 aromatic carbocycles. The topological polar surface area (TPSA) is 90.2 Å². The van der Waals surface area contributed by atoms with Crippen LogP contribution < -0.4 is 10.1 Å². The van der Waals surface area contributed by atoms with Crippen LogP contribution in [0.25, 0.3) is 0 Å². The van der Waals surface area contributed by atoms with Crippen LogP contribution >= 0.6 is 0 Å². The van der Waals surface area contributed by atoms with Gasteiger partial charge in [-0.3, -0.25) is 10.1 Å². The van der Waals surface area contributed by atoms with Crippen molar-refractivity contribution in [1.82, 2.24) is 9.97 Å². The van der Waals surface area contributed by atoms with Gasteiger partial charge >= 0.3 is 5.69 Å². The average molecular weight is 280 g/mol. The fraction of sp³-hybridized carbons (Fsp3) is 0.692. The van der Waals surface area contributed by atoms with Crippen molar-refractivity contribution >= 4 is 11.5 Å². The molecule has 1 saturated carbocycles. The van der Waals surface area contributed by atoms with Crippen LogP contribution in [0.4, 0.5) is 11.5 Å². The molecule has 20 heavy (non-hydrogen) atoms. The highest BCUT2D eigenvalue weighted by Crippen LogP contribution is 2.37. The first-order valence-electron chi connectivity index (χ1n) is 6.79. The van der Waals surface area contributed by atoms with E-state index in [0.29, 0.717) is 12.4 Å². The molecule has 7 heteroatoms. The van der Waals surface area contributed by atoms with Crippen LogP contribution in [0.5, 0.6) is 5.88 Å². The highest BCUT2D eigenvalue weighted by Gasteiger charge is 2.33. The minimum absolute atomic E-state index is 0.0422. The molecule has 110 valence electrons. The second-order valence-electron chi connectivity index (χ2n) is 5.91. The van der Waals surface area contributed by atoms with E-state index in [4.69, 9.17) is 4.74 Å². The Morgan fingerprint density at radius 1 is 1.40 bits per heavy atom. The number of anilines is 1. The van der Waals surface area contributed by atoms with E-state index in [0.717, 1.165) is 12.8 Å². The Kier molecular flexibility index (Phi) is 3.78. The summed E-state index contributed by atoms with van der Waals surface area (Å²) in [6, 6.07) is 0.269. The molecular formula is C13H20N4O3. The molecule has 0 aliphatic heterocycles. The van der Waals surface area contributed by atoms with Crippen molar-refractivity contribution in [3.8, 4) is 5.88 Å². The Balaban J connectivity index is 2.53. The van der Waals surface area contributed by atoms with Gasteiger partial charge in [0.25, 0.3) is 5.88 Å². The number of nitro groups is 1. The Bertz CT molecular complexity index is 521. The third kappa shape index (κ3) is 3.15. The van der Waals surface area contributed by atoms with Gasteiger partial charge in [-0.25, -0.2) is 4.98 Å². The standard InChI is InChI=1S/C13H20N4O3/c1-5-20-11-9(17(18)19)10(14-8-6-7-8)15-12(16-11)13(2,3)4/h8H,5-7H2,1-4H3,(H,14,15,16). The minimum Gasteiger partial charge on any atom is -0.473 e.